The van der Waals surface area contributed by atoms with Crippen LogP contribution < -0.4 is 5.32 Å². The SMILES string of the molecule is OC[C@@H](O)[C@@H](O)[C@H](O)[C@@H](O)CNCCc1ccc(O)cc1O. The van der Waals surface area contributed by atoms with Gasteiger partial charge in [0.2, 0.25) is 0 Å². The number of hydrogen-bond acceptors (Lipinski definition) is 8. The van der Waals surface area contributed by atoms with Crippen molar-refractivity contribution in [2.24, 2.45) is 0 Å². The second-order valence-electron chi connectivity index (χ2n) is 5.07. The van der Waals surface area contributed by atoms with Crippen LogP contribution in [0.1, 0.15) is 5.56 Å². The number of aliphatic hydroxyl groups is 5. The van der Waals surface area contributed by atoms with Crippen LogP contribution in [0.3, 0.4) is 0 Å². The van der Waals surface area contributed by atoms with Gasteiger partial charge in [-0.2, -0.15) is 0 Å². The van der Waals surface area contributed by atoms with Crippen molar-refractivity contribution in [2.75, 3.05) is 19.7 Å². The fourth-order valence-electron chi connectivity index (χ4n) is 1.92. The first kappa shape index (κ1) is 18.6. The number of nitrogens with one attached hydrogen (secondary N) is 1. The van der Waals surface area contributed by atoms with Gasteiger partial charge in [0.15, 0.2) is 0 Å². The Morgan fingerprint density at radius 3 is 2.18 bits per heavy atom. The van der Waals surface area contributed by atoms with Crippen molar-refractivity contribution in [3.05, 3.63) is 23.8 Å². The first-order chi connectivity index (χ1) is 10.4. The highest BCUT2D eigenvalue weighted by Crippen LogP contribution is 2.22. The van der Waals surface area contributed by atoms with E-state index in [0.29, 0.717) is 18.5 Å². The summed E-state index contributed by atoms with van der Waals surface area (Å²) in [5.74, 6) is -0.0759. The van der Waals surface area contributed by atoms with Crippen LogP contribution in [0.25, 0.3) is 0 Å². The van der Waals surface area contributed by atoms with Gasteiger partial charge in [0.05, 0.1) is 12.7 Å². The number of rotatable bonds is 9. The normalized spacial score (nSPS) is 17.0. The topological polar surface area (TPSA) is 154 Å². The van der Waals surface area contributed by atoms with Gasteiger partial charge >= 0.3 is 0 Å². The van der Waals surface area contributed by atoms with Crippen LogP contribution in [0.2, 0.25) is 0 Å². The molecule has 0 saturated carbocycles. The van der Waals surface area contributed by atoms with Gasteiger partial charge in [0, 0.05) is 12.6 Å². The molecule has 0 aliphatic carbocycles. The van der Waals surface area contributed by atoms with E-state index in [1.807, 2.05) is 0 Å². The molecule has 0 fully saturated rings. The van der Waals surface area contributed by atoms with Gasteiger partial charge in [-0.15, -0.1) is 0 Å². The number of aliphatic hydroxyl groups excluding tert-OH is 5. The molecule has 126 valence electrons. The zero-order valence-corrected chi connectivity index (χ0v) is 12.0. The van der Waals surface area contributed by atoms with Crippen LogP contribution in [0, 0.1) is 0 Å². The molecule has 8 N–H and O–H groups in total. The lowest BCUT2D eigenvalue weighted by Gasteiger charge is -2.25. The standard InChI is InChI=1S/C14H23NO7/c16-7-12(20)14(22)13(21)11(19)6-15-4-3-8-1-2-9(17)5-10(8)18/h1-2,5,11-22H,3-4,6-7H2/t11-,12+,13+,14+/m0/s1. The maximum atomic E-state index is 9.67. The van der Waals surface area contributed by atoms with Gasteiger partial charge in [-0.05, 0) is 24.6 Å². The molecule has 1 aromatic rings. The van der Waals surface area contributed by atoms with Crippen molar-refractivity contribution in [2.45, 2.75) is 30.8 Å². The molecular weight excluding hydrogens is 294 g/mol. The van der Waals surface area contributed by atoms with Gasteiger partial charge in [-0.3, -0.25) is 0 Å². The highest BCUT2D eigenvalue weighted by atomic mass is 16.4. The Bertz CT molecular complexity index is 457. The zero-order valence-electron chi connectivity index (χ0n) is 12.0. The van der Waals surface area contributed by atoms with E-state index in [2.05, 4.69) is 5.32 Å². The molecule has 0 amide bonds. The molecular formula is C14H23NO7. The average molecular weight is 317 g/mol. The number of phenolic OH excluding ortho intramolecular Hbond substituents is 2. The Hall–Kier alpha value is -1.42. The molecule has 0 aliphatic heterocycles. The van der Waals surface area contributed by atoms with E-state index in [0.717, 1.165) is 0 Å². The number of aromatic hydroxyl groups is 2. The first-order valence-electron chi connectivity index (χ1n) is 6.91. The Kier molecular flexibility index (Phi) is 7.52. The highest BCUT2D eigenvalue weighted by Gasteiger charge is 2.29. The van der Waals surface area contributed by atoms with E-state index >= 15 is 0 Å². The van der Waals surface area contributed by atoms with E-state index in [1.165, 1.54) is 12.1 Å². The minimum absolute atomic E-state index is 0.0378. The molecule has 0 aliphatic rings. The molecule has 0 heterocycles. The largest absolute Gasteiger partial charge is 0.508 e. The summed E-state index contributed by atoms with van der Waals surface area (Å²) in [5.41, 5.74) is 0.607. The molecule has 0 aromatic heterocycles. The minimum atomic E-state index is -1.65. The summed E-state index contributed by atoms with van der Waals surface area (Å²) in [7, 11) is 0. The maximum Gasteiger partial charge on any atom is 0.122 e. The first-order valence-corrected chi connectivity index (χ1v) is 6.91. The molecule has 8 heteroatoms. The lowest BCUT2D eigenvalue weighted by molar-refractivity contribution is -0.113. The Labute approximate surface area is 127 Å². The summed E-state index contributed by atoms with van der Waals surface area (Å²) >= 11 is 0. The van der Waals surface area contributed by atoms with Gasteiger partial charge < -0.3 is 41.1 Å². The number of benzene rings is 1. The van der Waals surface area contributed by atoms with Crippen molar-refractivity contribution in [1.29, 1.82) is 0 Å². The number of phenols is 2. The predicted molar refractivity (Wildman–Crippen MR) is 77.5 cm³/mol. The monoisotopic (exact) mass is 317 g/mol. The maximum absolute atomic E-state index is 9.67. The van der Waals surface area contributed by atoms with E-state index in [1.54, 1.807) is 6.07 Å². The average Bonchev–Trinajstić information content (AvgIpc) is 2.50. The molecule has 0 radical (unpaired) electrons. The molecule has 0 unspecified atom stereocenters. The quantitative estimate of drug-likeness (QED) is 0.236. The summed E-state index contributed by atoms with van der Waals surface area (Å²) in [6.45, 7) is -0.394. The lowest BCUT2D eigenvalue weighted by atomic mass is 10.0. The molecule has 0 spiro atoms. The molecule has 1 rings (SSSR count). The summed E-state index contributed by atoms with van der Waals surface area (Å²) < 4.78 is 0. The smallest absolute Gasteiger partial charge is 0.122 e. The van der Waals surface area contributed by atoms with Crippen LogP contribution in [0.5, 0.6) is 11.5 Å². The summed E-state index contributed by atoms with van der Waals surface area (Å²) in [5, 5.41) is 68.1. The Balaban J connectivity index is 2.34. The summed E-state index contributed by atoms with van der Waals surface area (Å²) in [6.07, 6.45) is -5.68. The molecule has 8 nitrogen and oxygen atoms in total. The molecule has 0 saturated heterocycles. The Morgan fingerprint density at radius 1 is 0.955 bits per heavy atom. The van der Waals surface area contributed by atoms with E-state index in [-0.39, 0.29) is 18.0 Å². The summed E-state index contributed by atoms with van der Waals surface area (Å²) in [4.78, 5) is 0. The van der Waals surface area contributed by atoms with E-state index in [9.17, 15) is 25.5 Å². The van der Waals surface area contributed by atoms with Crippen LogP contribution in [-0.2, 0) is 6.42 Å². The fraction of sp³-hybridized carbons (Fsp3) is 0.571. The Morgan fingerprint density at radius 2 is 1.59 bits per heavy atom. The zero-order chi connectivity index (χ0) is 16.7. The molecule has 0 bridgehead atoms. The van der Waals surface area contributed by atoms with Crippen molar-refractivity contribution >= 4 is 0 Å². The van der Waals surface area contributed by atoms with Crippen molar-refractivity contribution in [3.8, 4) is 11.5 Å². The van der Waals surface area contributed by atoms with E-state index in [4.69, 9.17) is 10.2 Å². The van der Waals surface area contributed by atoms with Crippen LogP contribution in [0.15, 0.2) is 18.2 Å². The highest BCUT2D eigenvalue weighted by molar-refractivity contribution is 5.39. The van der Waals surface area contributed by atoms with E-state index < -0.39 is 31.0 Å². The van der Waals surface area contributed by atoms with Crippen LogP contribution >= 0.6 is 0 Å². The number of hydrogen-bond donors (Lipinski definition) is 8. The van der Waals surface area contributed by atoms with Crippen LogP contribution in [-0.4, -0.2) is 79.9 Å². The van der Waals surface area contributed by atoms with Gasteiger partial charge in [-0.1, -0.05) is 6.07 Å². The van der Waals surface area contributed by atoms with Gasteiger partial charge in [-0.25, -0.2) is 0 Å². The molecule has 4 atom stereocenters. The molecule has 22 heavy (non-hydrogen) atoms. The predicted octanol–water partition coefficient (Wildman–Crippen LogP) is -2.33. The third kappa shape index (κ3) is 5.41. The fourth-order valence-corrected chi connectivity index (χ4v) is 1.92. The lowest BCUT2D eigenvalue weighted by Crippen LogP contribution is -2.49. The second-order valence-corrected chi connectivity index (χ2v) is 5.07. The van der Waals surface area contributed by atoms with Crippen LogP contribution in [0.4, 0.5) is 0 Å². The van der Waals surface area contributed by atoms with Crippen molar-refractivity contribution in [3.63, 3.8) is 0 Å². The third-order valence-corrected chi connectivity index (χ3v) is 3.32. The van der Waals surface area contributed by atoms with Gasteiger partial charge in [0.25, 0.3) is 0 Å². The third-order valence-electron chi connectivity index (χ3n) is 3.32. The van der Waals surface area contributed by atoms with Crippen molar-refractivity contribution in [1.82, 2.24) is 5.32 Å². The van der Waals surface area contributed by atoms with Crippen molar-refractivity contribution < 1.29 is 35.7 Å². The molecule has 1 aromatic carbocycles. The summed E-state index contributed by atoms with van der Waals surface area (Å²) in [6, 6.07) is 4.24. The second kappa shape index (κ2) is 8.89. The van der Waals surface area contributed by atoms with Gasteiger partial charge in [0.1, 0.15) is 29.8 Å². The minimum Gasteiger partial charge on any atom is -0.508 e.